The summed E-state index contributed by atoms with van der Waals surface area (Å²) in [5.41, 5.74) is 0.428. The van der Waals surface area contributed by atoms with E-state index in [0.29, 0.717) is 12.2 Å². The van der Waals surface area contributed by atoms with Crippen LogP contribution in [-0.2, 0) is 4.74 Å². The van der Waals surface area contributed by atoms with Crippen LogP contribution in [0.1, 0.15) is 16.8 Å². The molecule has 1 aliphatic rings. The smallest absolute Gasteiger partial charge is 0.387 e. The zero-order valence-corrected chi connectivity index (χ0v) is 12.4. The summed E-state index contributed by atoms with van der Waals surface area (Å²) in [5.74, 6) is -0.166. The van der Waals surface area contributed by atoms with Crippen molar-refractivity contribution in [2.24, 2.45) is 0 Å². The Bertz CT molecular complexity index is 482. The fourth-order valence-electron chi connectivity index (χ4n) is 2.43. The van der Waals surface area contributed by atoms with Gasteiger partial charge in [-0.25, -0.2) is 0 Å². The van der Waals surface area contributed by atoms with E-state index in [9.17, 15) is 13.6 Å². The minimum Gasteiger partial charge on any atom is -0.435 e. The van der Waals surface area contributed by atoms with E-state index in [1.54, 1.807) is 7.11 Å². The number of ether oxygens (including phenoxy) is 2. The van der Waals surface area contributed by atoms with Gasteiger partial charge in [0.25, 0.3) is 5.91 Å². The molecule has 0 aliphatic carbocycles. The molecule has 5 nitrogen and oxygen atoms in total. The van der Waals surface area contributed by atoms with Crippen molar-refractivity contribution in [2.45, 2.75) is 19.1 Å². The van der Waals surface area contributed by atoms with Crippen LogP contribution in [0, 0.1) is 0 Å². The summed E-state index contributed by atoms with van der Waals surface area (Å²) >= 11 is 0. The quantitative estimate of drug-likeness (QED) is 0.833. The number of nitrogens with one attached hydrogen (secondary N) is 1. The van der Waals surface area contributed by atoms with Gasteiger partial charge in [0.2, 0.25) is 0 Å². The first-order valence-electron chi connectivity index (χ1n) is 7.15. The molecule has 7 heteroatoms. The van der Waals surface area contributed by atoms with E-state index in [2.05, 4.69) is 15.0 Å². The van der Waals surface area contributed by atoms with Gasteiger partial charge in [0.15, 0.2) is 0 Å². The Balaban J connectivity index is 1.82. The summed E-state index contributed by atoms with van der Waals surface area (Å²) in [6.45, 7) is 0.377. The number of alkyl halides is 2. The molecule has 0 bridgehead atoms. The highest BCUT2D eigenvalue weighted by molar-refractivity contribution is 5.94. The molecule has 1 fully saturated rings. The molecule has 2 rings (SSSR count). The van der Waals surface area contributed by atoms with Crippen molar-refractivity contribution in [3.63, 3.8) is 0 Å². The van der Waals surface area contributed by atoms with Crippen molar-refractivity contribution < 1.29 is 23.0 Å². The summed E-state index contributed by atoms with van der Waals surface area (Å²) < 4.78 is 33.4. The van der Waals surface area contributed by atoms with Crippen LogP contribution >= 0.6 is 0 Å². The Morgan fingerprint density at radius 3 is 2.77 bits per heavy atom. The number of carbonyl (C=O) groups excluding carboxylic acids is 1. The Hall–Kier alpha value is -1.73. The van der Waals surface area contributed by atoms with E-state index < -0.39 is 6.61 Å². The maximum atomic E-state index is 12.1. The van der Waals surface area contributed by atoms with Gasteiger partial charge in [-0.05, 0) is 30.7 Å². The van der Waals surface area contributed by atoms with Crippen LogP contribution in [0.3, 0.4) is 0 Å². The average molecular weight is 314 g/mol. The van der Waals surface area contributed by atoms with Crippen LogP contribution < -0.4 is 10.1 Å². The standard InChI is InChI=1S/C15H20F2N2O3/c1-21-9-8-19-7-6-12(10-19)18-14(20)11-2-4-13(5-3-11)22-15(16)17/h2-5,12,15H,6-10H2,1H3,(H,18,20). The Labute approximate surface area is 128 Å². The lowest BCUT2D eigenvalue weighted by molar-refractivity contribution is -0.0498. The number of amides is 1. The van der Waals surface area contributed by atoms with Gasteiger partial charge in [0, 0.05) is 38.3 Å². The van der Waals surface area contributed by atoms with Gasteiger partial charge in [-0.2, -0.15) is 8.78 Å². The molecule has 0 aromatic heterocycles. The lowest BCUT2D eigenvalue weighted by Crippen LogP contribution is -2.37. The topological polar surface area (TPSA) is 50.8 Å². The monoisotopic (exact) mass is 314 g/mol. The third-order valence-electron chi connectivity index (χ3n) is 3.56. The molecule has 1 heterocycles. The first-order valence-corrected chi connectivity index (χ1v) is 7.15. The molecule has 0 spiro atoms. The number of benzene rings is 1. The van der Waals surface area contributed by atoms with E-state index in [0.717, 1.165) is 26.1 Å². The number of halogens is 2. The summed E-state index contributed by atoms with van der Waals surface area (Å²) in [4.78, 5) is 14.3. The maximum absolute atomic E-state index is 12.1. The Kier molecular flexibility index (Phi) is 6.09. The third-order valence-corrected chi connectivity index (χ3v) is 3.56. The normalized spacial score (nSPS) is 18.6. The molecule has 1 atom stereocenters. The third kappa shape index (κ3) is 4.92. The fourth-order valence-corrected chi connectivity index (χ4v) is 2.43. The summed E-state index contributed by atoms with van der Waals surface area (Å²) in [6.07, 6.45) is 0.891. The van der Waals surface area contributed by atoms with Crippen LogP contribution in [0.25, 0.3) is 0 Å². The van der Waals surface area contributed by atoms with E-state index in [1.807, 2.05) is 0 Å². The first-order chi connectivity index (χ1) is 10.6. The van der Waals surface area contributed by atoms with Crippen molar-refractivity contribution in [2.75, 3.05) is 33.4 Å². The van der Waals surface area contributed by atoms with Crippen LogP contribution in [-0.4, -0.2) is 56.8 Å². The van der Waals surface area contributed by atoms with E-state index >= 15 is 0 Å². The molecule has 1 N–H and O–H groups in total. The Morgan fingerprint density at radius 1 is 1.41 bits per heavy atom. The van der Waals surface area contributed by atoms with Crippen molar-refractivity contribution in [1.82, 2.24) is 10.2 Å². The molecular formula is C15H20F2N2O3. The van der Waals surface area contributed by atoms with Gasteiger partial charge in [-0.1, -0.05) is 0 Å². The van der Waals surface area contributed by atoms with Crippen LogP contribution in [0.2, 0.25) is 0 Å². The van der Waals surface area contributed by atoms with Crippen LogP contribution in [0.5, 0.6) is 5.75 Å². The summed E-state index contributed by atoms with van der Waals surface area (Å²) in [5, 5.41) is 2.95. The zero-order chi connectivity index (χ0) is 15.9. The lowest BCUT2D eigenvalue weighted by Gasteiger charge is -2.16. The Morgan fingerprint density at radius 2 is 2.14 bits per heavy atom. The van der Waals surface area contributed by atoms with Crippen LogP contribution in [0.15, 0.2) is 24.3 Å². The van der Waals surface area contributed by atoms with Crippen LogP contribution in [0.4, 0.5) is 8.78 Å². The molecule has 0 radical (unpaired) electrons. The van der Waals surface area contributed by atoms with Gasteiger partial charge in [0.05, 0.1) is 6.61 Å². The highest BCUT2D eigenvalue weighted by Crippen LogP contribution is 2.15. The van der Waals surface area contributed by atoms with Crippen molar-refractivity contribution in [3.8, 4) is 5.75 Å². The second kappa shape index (κ2) is 8.05. The minimum atomic E-state index is -2.86. The number of nitrogens with zero attached hydrogens (tertiary/aromatic N) is 1. The number of hydrogen-bond donors (Lipinski definition) is 1. The number of carbonyl (C=O) groups is 1. The molecule has 1 aromatic rings. The second-order valence-electron chi connectivity index (χ2n) is 5.16. The molecule has 1 saturated heterocycles. The summed E-state index contributed by atoms with van der Waals surface area (Å²) in [7, 11) is 1.66. The van der Waals surface area contributed by atoms with Crippen molar-refractivity contribution in [3.05, 3.63) is 29.8 Å². The van der Waals surface area contributed by atoms with Crippen molar-refractivity contribution >= 4 is 5.91 Å². The fraction of sp³-hybridized carbons (Fsp3) is 0.533. The van der Waals surface area contributed by atoms with Gasteiger partial charge < -0.3 is 14.8 Å². The molecule has 1 aliphatic heterocycles. The van der Waals surface area contributed by atoms with Crippen molar-refractivity contribution in [1.29, 1.82) is 0 Å². The first kappa shape index (κ1) is 16.6. The van der Waals surface area contributed by atoms with Gasteiger partial charge in [-0.15, -0.1) is 0 Å². The molecular weight excluding hydrogens is 294 g/mol. The number of likely N-dealkylation sites (tertiary alicyclic amines) is 1. The maximum Gasteiger partial charge on any atom is 0.387 e. The molecule has 122 valence electrons. The van der Waals surface area contributed by atoms with E-state index in [1.165, 1.54) is 24.3 Å². The molecule has 1 aromatic carbocycles. The summed E-state index contributed by atoms with van der Waals surface area (Å²) in [6, 6.07) is 5.78. The highest BCUT2D eigenvalue weighted by atomic mass is 19.3. The predicted octanol–water partition coefficient (Wildman–Crippen LogP) is 1.74. The molecule has 0 saturated carbocycles. The molecule has 22 heavy (non-hydrogen) atoms. The van der Waals surface area contributed by atoms with E-state index in [4.69, 9.17) is 4.74 Å². The SMILES string of the molecule is COCCN1CCC(NC(=O)c2ccc(OC(F)F)cc2)C1. The average Bonchev–Trinajstić information content (AvgIpc) is 2.92. The van der Waals surface area contributed by atoms with E-state index in [-0.39, 0.29) is 17.7 Å². The number of methoxy groups -OCH3 is 1. The predicted molar refractivity (Wildman–Crippen MR) is 77.3 cm³/mol. The molecule has 1 unspecified atom stereocenters. The van der Waals surface area contributed by atoms with Gasteiger partial charge in [-0.3, -0.25) is 9.69 Å². The molecule has 1 amide bonds. The second-order valence-corrected chi connectivity index (χ2v) is 5.16. The van der Waals surface area contributed by atoms with Gasteiger partial charge >= 0.3 is 6.61 Å². The lowest BCUT2D eigenvalue weighted by atomic mass is 10.2. The zero-order valence-electron chi connectivity index (χ0n) is 12.4. The van der Waals surface area contributed by atoms with Gasteiger partial charge in [0.1, 0.15) is 5.75 Å². The highest BCUT2D eigenvalue weighted by Gasteiger charge is 2.23. The minimum absolute atomic E-state index is 0.0400. The number of rotatable bonds is 7. The number of hydrogen-bond acceptors (Lipinski definition) is 4. The largest absolute Gasteiger partial charge is 0.435 e.